The van der Waals surface area contributed by atoms with Gasteiger partial charge in [0.25, 0.3) is 0 Å². The van der Waals surface area contributed by atoms with Crippen LogP contribution in [-0.4, -0.2) is 23.1 Å². The van der Waals surface area contributed by atoms with Crippen molar-refractivity contribution in [3.05, 3.63) is 12.7 Å². The maximum atomic E-state index is 13.5. The minimum Gasteiger partial charge on any atom is -0.458 e. The highest BCUT2D eigenvalue weighted by Crippen LogP contribution is 2.65. The van der Waals surface area contributed by atoms with Gasteiger partial charge in [-0.2, -0.15) is 0 Å². The minimum atomic E-state index is -0.985. The summed E-state index contributed by atoms with van der Waals surface area (Å²) in [6.45, 7) is 15.3. The number of rotatable bonds is 7. The Morgan fingerprint density at radius 1 is 1.11 bits per heavy atom. The zero-order valence-corrected chi connectivity index (χ0v) is 18.6. The summed E-state index contributed by atoms with van der Waals surface area (Å²) in [6.07, 6.45) is 9.14. The average Bonchev–Trinajstić information content (AvgIpc) is 2.57. The Morgan fingerprint density at radius 3 is 2.14 bits per heavy atom. The zero-order valence-electron chi connectivity index (χ0n) is 18.6. The second-order valence-corrected chi connectivity index (χ2v) is 11.0. The van der Waals surface area contributed by atoms with Crippen molar-refractivity contribution in [3.8, 4) is 0 Å². The van der Waals surface area contributed by atoms with Gasteiger partial charge in [-0.25, -0.2) is 4.79 Å². The number of carbonyl (C=O) groups excluding carboxylic acids is 2. The molecule has 4 nitrogen and oxygen atoms in total. The molecule has 0 radical (unpaired) electrons. The van der Waals surface area contributed by atoms with E-state index in [4.69, 9.17) is 9.47 Å². The molecule has 0 saturated heterocycles. The molecule has 0 N–H and O–H groups in total. The number of hydrogen-bond donors (Lipinski definition) is 0. The lowest BCUT2D eigenvalue weighted by Gasteiger charge is -2.64. The molecule has 0 aliphatic heterocycles. The molecule has 0 aromatic rings. The van der Waals surface area contributed by atoms with Gasteiger partial charge in [0.1, 0.15) is 16.6 Å². The highest BCUT2D eigenvalue weighted by atomic mass is 16.6. The predicted octanol–water partition coefficient (Wildman–Crippen LogP) is 5.45. The van der Waals surface area contributed by atoms with E-state index in [9.17, 15) is 9.59 Å². The predicted molar refractivity (Wildman–Crippen MR) is 110 cm³/mol. The smallest absolute Gasteiger partial charge is 0.330 e. The van der Waals surface area contributed by atoms with Crippen molar-refractivity contribution < 1.29 is 19.1 Å². The zero-order chi connectivity index (χ0) is 21.0. The number of esters is 2. The van der Waals surface area contributed by atoms with Crippen LogP contribution in [0.5, 0.6) is 0 Å². The molecule has 4 bridgehead atoms. The van der Waals surface area contributed by atoms with Crippen molar-refractivity contribution in [2.75, 3.05) is 0 Å². The molecule has 4 heteroatoms. The van der Waals surface area contributed by atoms with E-state index in [2.05, 4.69) is 20.4 Å². The Kier molecular flexibility index (Phi) is 5.26. The number of hydrogen-bond acceptors (Lipinski definition) is 4. The maximum absolute atomic E-state index is 13.5. The number of ether oxygens (including phenoxy) is 2. The van der Waals surface area contributed by atoms with E-state index in [0.717, 1.165) is 24.8 Å². The van der Waals surface area contributed by atoms with Crippen LogP contribution in [0.15, 0.2) is 12.7 Å². The monoisotopic (exact) mass is 390 g/mol. The van der Waals surface area contributed by atoms with E-state index in [1.165, 1.54) is 32.1 Å². The Morgan fingerprint density at radius 2 is 1.68 bits per heavy atom. The quantitative estimate of drug-likeness (QED) is 0.428. The Balaban J connectivity index is 1.86. The lowest BCUT2D eigenvalue weighted by molar-refractivity contribution is -0.238. The molecule has 158 valence electrons. The topological polar surface area (TPSA) is 52.6 Å². The fourth-order valence-corrected chi connectivity index (χ4v) is 6.43. The summed E-state index contributed by atoms with van der Waals surface area (Å²) in [5.74, 6) is 0.950. The van der Waals surface area contributed by atoms with E-state index in [-0.39, 0.29) is 11.6 Å². The van der Waals surface area contributed by atoms with Crippen molar-refractivity contribution >= 4 is 11.9 Å². The van der Waals surface area contributed by atoms with Gasteiger partial charge in [0.15, 0.2) is 0 Å². The molecular formula is C24H38O4. The molecule has 4 aliphatic carbocycles. The standard InChI is InChI=1S/C24H38O4/c1-8-10-24(17-11-16-12-18(24)15-23(7,13-16)14-17)28-20(26)21(3,4)22(5,6)27-19(25)9-2/h9,16-18H,2,8,10-15H2,1,3-7H3. The van der Waals surface area contributed by atoms with Crippen LogP contribution in [0.3, 0.4) is 0 Å². The molecule has 0 spiro atoms. The highest BCUT2D eigenvalue weighted by molar-refractivity contribution is 5.83. The third-order valence-electron chi connectivity index (χ3n) is 8.34. The summed E-state index contributed by atoms with van der Waals surface area (Å²) < 4.78 is 12.0. The van der Waals surface area contributed by atoms with Gasteiger partial charge >= 0.3 is 11.9 Å². The fraction of sp³-hybridized carbons (Fsp3) is 0.833. The molecule has 2 unspecified atom stereocenters. The van der Waals surface area contributed by atoms with Gasteiger partial charge in [-0.3, -0.25) is 4.79 Å². The van der Waals surface area contributed by atoms with Crippen LogP contribution in [0.4, 0.5) is 0 Å². The summed E-state index contributed by atoms with van der Waals surface area (Å²) in [5.41, 5.74) is -1.86. The second-order valence-electron chi connectivity index (χ2n) is 11.0. The Labute approximate surface area is 170 Å². The Hall–Kier alpha value is -1.32. The van der Waals surface area contributed by atoms with Crippen molar-refractivity contribution in [1.82, 2.24) is 0 Å². The molecule has 4 fully saturated rings. The molecule has 4 saturated carbocycles. The van der Waals surface area contributed by atoms with Crippen molar-refractivity contribution in [2.45, 2.75) is 97.7 Å². The maximum Gasteiger partial charge on any atom is 0.330 e. The van der Waals surface area contributed by atoms with Gasteiger partial charge < -0.3 is 9.47 Å². The first-order chi connectivity index (χ1) is 12.9. The van der Waals surface area contributed by atoms with Crippen LogP contribution in [-0.2, 0) is 19.1 Å². The molecule has 0 aromatic carbocycles. The molecule has 0 heterocycles. The molecular weight excluding hydrogens is 352 g/mol. The molecule has 2 atom stereocenters. The molecule has 28 heavy (non-hydrogen) atoms. The molecule has 4 rings (SSSR count). The third-order valence-corrected chi connectivity index (χ3v) is 8.34. The van der Waals surface area contributed by atoms with Gasteiger partial charge in [-0.05, 0) is 89.4 Å². The van der Waals surface area contributed by atoms with Crippen LogP contribution in [0.25, 0.3) is 0 Å². The normalized spacial score (nSPS) is 36.9. The van der Waals surface area contributed by atoms with Gasteiger partial charge in [0.2, 0.25) is 0 Å². The Bertz CT molecular complexity index is 644. The highest BCUT2D eigenvalue weighted by Gasteiger charge is 2.63. The SMILES string of the molecule is C=CC(=O)OC(C)(C)C(C)(C)C(=O)OC1(CCC)C2CC3CC1CC(C)(C3)C2. The molecule has 0 amide bonds. The van der Waals surface area contributed by atoms with E-state index >= 15 is 0 Å². The van der Waals surface area contributed by atoms with Gasteiger partial charge in [0.05, 0.1) is 0 Å². The lowest BCUT2D eigenvalue weighted by Crippen LogP contribution is -2.63. The number of carbonyl (C=O) groups is 2. The third kappa shape index (κ3) is 3.31. The van der Waals surface area contributed by atoms with E-state index in [1.54, 1.807) is 13.8 Å². The molecule has 0 aromatic heterocycles. The van der Waals surface area contributed by atoms with E-state index in [1.807, 2.05) is 13.8 Å². The minimum absolute atomic E-state index is 0.250. The van der Waals surface area contributed by atoms with Crippen LogP contribution < -0.4 is 0 Å². The van der Waals surface area contributed by atoms with E-state index < -0.39 is 17.0 Å². The first-order valence-electron chi connectivity index (χ1n) is 11.0. The van der Waals surface area contributed by atoms with Gasteiger partial charge in [-0.1, -0.05) is 26.8 Å². The summed E-state index contributed by atoms with van der Waals surface area (Å²) in [6, 6.07) is 0. The van der Waals surface area contributed by atoms with E-state index in [0.29, 0.717) is 17.3 Å². The van der Waals surface area contributed by atoms with Crippen molar-refractivity contribution in [2.24, 2.45) is 28.6 Å². The van der Waals surface area contributed by atoms with Gasteiger partial charge in [-0.15, -0.1) is 0 Å². The first-order valence-corrected chi connectivity index (χ1v) is 11.0. The first kappa shape index (κ1) is 21.4. The van der Waals surface area contributed by atoms with Crippen molar-refractivity contribution in [3.63, 3.8) is 0 Å². The van der Waals surface area contributed by atoms with Crippen LogP contribution >= 0.6 is 0 Å². The fourth-order valence-electron chi connectivity index (χ4n) is 6.43. The van der Waals surface area contributed by atoms with Crippen LogP contribution in [0.2, 0.25) is 0 Å². The molecule has 4 aliphatic rings. The average molecular weight is 391 g/mol. The second kappa shape index (κ2) is 6.88. The van der Waals surface area contributed by atoms with Crippen LogP contribution in [0.1, 0.15) is 86.5 Å². The van der Waals surface area contributed by atoms with Crippen molar-refractivity contribution in [1.29, 1.82) is 0 Å². The summed E-state index contributed by atoms with van der Waals surface area (Å²) in [5, 5.41) is 0. The summed E-state index contributed by atoms with van der Waals surface area (Å²) in [4.78, 5) is 25.3. The lowest BCUT2D eigenvalue weighted by atomic mass is 9.44. The van der Waals surface area contributed by atoms with Gasteiger partial charge in [0, 0.05) is 6.08 Å². The largest absolute Gasteiger partial charge is 0.458 e. The van der Waals surface area contributed by atoms with Crippen LogP contribution in [0, 0.1) is 28.6 Å². The summed E-state index contributed by atoms with van der Waals surface area (Å²) >= 11 is 0. The summed E-state index contributed by atoms with van der Waals surface area (Å²) in [7, 11) is 0.